The molecule has 0 radical (unpaired) electrons. The van der Waals surface area contributed by atoms with Gasteiger partial charge in [0.05, 0.1) is 5.69 Å². The Hall–Kier alpha value is -2.10. The Morgan fingerprint density at radius 3 is 2.82 bits per heavy atom. The summed E-state index contributed by atoms with van der Waals surface area (Å²) < 4.78 is 13.5. The van der Waals surface area contributed by atoms with Crippen LogP contribution in [0.3, 0.4) is 0 Å². The highest BCUT2D eigenvalue weighted by Crippen LogP contribution is 2.34. The number of H-pyrrole nitrogens is 1. The van der Waals surface area contributed by atoms with Gasteiger partial charge in [0.15, 0.2) is 0 Å². The van der Waals surface area contributed by atoms with Crippen molar-refractivity contribution in [2.24, 2.45) is 0 Å². The molecular weight excluding hydrogens is 219 g/mol. The maximum absolute atomic E-state index is 13.5. The second kappa shape index (κ2) is 3.73. The Balaban J connectivity index is 2.19. The quantitative estimate of drug-likeness (QED) is 0.788. The summed E-state index contributed by atoms with van der Waals surface area (Å²) in [5, 5.41) is 3.04. The molecule has 1 aliphatic heterocycles. The van der Waals surface area contributed by atoms with Gasteiger partial charge < -0.3 is 10.3 Å². The zero-order valence-corrected chi connectivity index (χ0v) is 9.09. The molecule has 0 atom stereocenters. The number of hydrogen-bond acceptors (Lipinski definition) is 2. The highest BCUT2D eigenvalue weighted by molar-refractivity contribution is 5.75. The number of pyridine rings is 1. The van der Waals surface area contributed by atoms with Gasteiger partial charge in [0.2, 0.25) is 5.56 Å². The molecule has 0 unspecified atom stereocenters. The van der Waals surface area contributed by atoms with Crippen LogP contribution >= 0.6 is 0 Å². The van der Waals surface area contributed by atoms with E-state index in [0.29, 0.717) is 5.69 Å². The highest BCUT2D eigenvalue weighted by Gasteiger charge is 2.18. The summed E-state index contributed by atoms with van der Waals surface area (Å²) in [6.07, 6.45) is 2.47. The lowest BCUT2D eigenvalue weighted by Gasteiger charge is -2.08. The first-order valence-electron chi connectivity index (χ1n) is 5.50. The first-order valence-corrected chi connectivity index (χ1v) is 5.50. The number of halogens is 1. The van der Waals surface area contributed by atoms with Gasteiger partial charge in [0, 0.05) is 18.8 Å². The standard InChI is InChI=1S/C13H11FN2O/c14-11-3-2-9(10-5-6-15-13(10)11)8-1-4-12(17)16-7-8/h1-4,7,15H,5-6H2,(H,16,17). The van der Waals surface area contributed by atoms with Crippen molar-refractivity contribution in [1.82, 2.24) is 4.98 Å². The topological polar surface area (TPSA) is 44.9 Å². The fraction of sp³-hybridized carbons (Fsp3) is 0.154. The normalized spacial score (nSPS) is 13.2. The number of fused-ring (bicyclic) bond motifs is 1. The van der Waals surface area contributed by atoms with Crippen LogP contribution in [0.2, 0.25) is 0 Å². The van der Waals surface area contributed by atoms with E-state index in [2.05, 4.69) is 10.3 Å². The number of nitrogens with one attached hydrogen (secondary N) is 2. The zero-order valence-electron chi connectivity index (χ0n) is 9.09. The molecule has 3 nitrogen and oxygen atoms in total. The molecular formula is C13H11FN2O. The summed E-state index contributed by atoms with van der Waals surface area (Å²) in [5.74, 6) is -0.217. The summed E-state index contributed by atoms with van der Waals surface area (Å²) >= 11 is 0. The van der Waals surface area contributed by atoms with Crippen LogP contribution in [0, 0.1) is 5.82 Å². The average Bonchev–Trinajstić information content (AvgIpc) is 2.81. The Kier molecular flexibility index (Phi) is 2.21. The minimum atomic E-state index is -0.217. The number of benzene rings is 1. The van der Waals surface area contributed by atoms with Crippen LogP contribution < -0.4 is 10.9 Å². The van der Waals surface area contributed by atoms with E-state index in [4.69, 9.17) is 0 Å². The van der Waals surface area contributed by atoms with Crippen molar-refractivity contribution in [3.05, 3.63) is 52.2 Å². The van der Waals surface area contributed by atoms with Crippen molar-refractivity contribution >= 4 is 5.69 Å². The lowest BCUT2D eigenvalue weighted by molar-refractivity contribution is 0.631. The summed E-state index contributed by atoms with van der Waals surface area (Å²) in [6.45, 7) is 0.757. The van der Waals surface area contributed by atoms with Crippen molar-refractivity contribution < 1.29 is 4.39 Å². The third-order valence-electron chi connectivity index (χ3n) is 3.03. The minimum absolute atomic E-state index is 0.134. The van der Waals surface area contributed by atoms with Crippen molar-refractivity contribution in [2.75, 3.05) is 11.9 Å². The number of rotatable bonds is 1. The molecule has 3 rings (SSSR count). The SMILES string of the molecule is O=c1ccc(-c2ccc(F)c3c2CCN3)c[nH]1. The molecule has 0 bridgehead atoms. The van der Waals surface area contributed by atoms with E-state index in [1.165, 1.54) is 12.1 Å². The van der Waals surface area contributed by atoms with E-state index in [1.807, 2.05) is 0 Å². The molecule has 1 aromatic carbocycles. The van der Waals surface area contributed by atoms with E-state index in [0.717, 1.165) is 29.7 Å². The van der Waals surface area contributed by atoms with Crippen LogP contribution in [-0.4, -0.2) is 11.5 Å². The highest BCUT2D eigenvalue weighted by atomic mass is 19.1. The Morgan fingerprint density at radius 1 is 1.18 bits per heavy atom. The van der Waals surface area contributed by atoms with Gasteiger partial charge in [0.25, 0.3) is 0 Å². The first-order chi connectivity index (χ1) is 8.25. The molecule has 0 saturated heterocycles. The Morgan fingerprint density at radius 2 is 2.06 bits per heavy atom. The molecule has 0 aliphatic carbocycles. The molecule has 0 spiro atoms. The maximum Gasteiger partial charge on any atom is 0.247 e. The molecule has 1 aliphatic rings. The summed E-state index contributed by atoms with van der Waals surface area (Å²) in [4.78, 5) is 13.6. The van der Waals surface area contributed by atoms with Gasteiger partial charge in [-0.05, 0) is 35.2 Å². The molecule has 1 aromatic heterocycles. The maximum atomic E-state index is 13.5. The smallest absolute Gasteiger partial charge is 0.247 e. The molecule has 4 heteroatoms. The van der Waals surface area contributed by atoms with Crippen LogP contribution in [0.5, 0.6) is 0 Å². The number of aromatic nitrogens is 1. The van der Waals surface area contributed by atoms with Crippen LogP contribution in [0.25, 0.3) is 11.1 Å². The zero-order chi connectivity index (χ0) is 11.8. The summed E-state index contributed by atoms with van der Waals surface area (Å²) in [7, 11) is 0. The van der Waals surface area contributed by atoms with Gasteiger partial charge >= 0.3 is 0 Å². The van der Waals surface area contributed by atoms with Crippen LogP contribution in [0.4, 0.5) is 10.1 Å². The molecule has 2 aromatic rings. The van der Waals surface area contributed by atoms with Gasteiger partial charge in [-0.2, -0.15) is 0 Å². The number of anilines is 1. The van der Waals surface area contributed by atoms with Gasteiger partial charge in [-0.3, -0.25) is 4.79 Å². The fourth-order valence-electron chi connectivity index (χ4n) is 2.23. The average molecular weight is 230 g/mol. The van der Waals surface area contributed by atoms with Gasteiger partial charge in [0.1, 0.15) is 5.82 Å². The van der Waals surface area contributed by atoms with Crippen molar-refractivity contribution in [3.63, 3.8) is 0 Å². The van der Waals surface area contributed by atoms with Gasteiger partial charge in [-0.15, -0.1) is 0 Å². The molecule has 0 saturated carbocycles. The molecule has 86 valence electrons. The number of hydrogen-bond donors (Lipinski definition) is 2. The van der Waals surface area contributed by atoms with Gasteiger partial charge in [-0.1, -0.05) is 6.07 Å². The molecule has 17 heavy (non-hydrogen) atoms. The van der Waals surface area contributed by atoms with E-state index in [-0.39, 0.29) is 11.4 Å². The predicted molar refractivity (Wildman–Crippen MR) is 64.7 cm³/mol. The Bertz CT molecular complexity index is 613. The largest absolute Gasteiger partial charge is 0.382 e. The van der Waals surface area contributed by atoms with Crippen molar-refractivity contribution in [2.45, 2.75) is 6.42 Å². The van der Waals surface area contributed by atoms with Gasteiger partial charge in [-0.25, -0.2) is 4.39 Å². The van der Waals surface area contributed by atoms with E-state index < -0.39 is 0 Å². The first kappa shape index (κ1) is 10.1. The minimum Gasteiger partial charge on any atom is -0.382 e. The molecule has 2 heterocycles. The van der Waals surface area contributed by atoms with E-state index in [9.17, 15) is 9.18 Å². The second-order valence-electron chi connectivity index (χ2n) is 4.07. The van der Waals surface area contributed by atoms with Crippen LogP contribution in [0.1, 0.15) is 5.56 Å². The number of aromatic amines is 1. The second-order valence-corrected chi connectivity index (χ2v) is 4.07. The van der Waals surface area contributed by atoms with Crippen molar-refractivity contribution in [1.29, 1.82) is 0 Å². The van der Waals surface area contributed by atoms with Crippen LogP contribution in [-0.2, 0) is 6.42 Å². The van der Waals surface area contributed by atoms with E-state index in [1.54, 1.807) is 18.3 Å². The monoisotopic (exact) mass is 230 g/mol. The molecule has 0 fully saturated rings. The lowest BCUT2D eigenvalue weighted by Crippen LogP contribution is -2.02. The Labute approximate surface area is 97.3 Å². The summed E-state index contributed by atoms with van der Waals surface area (Å²) in [6, 6.07) is 6.45. The fourth-order valence-corrected chi connectivity index (χ4v) is 2.23. The molecule has 0 amide bonds. The third kappa shape index (κ3) is 1.62. The van der Waals surface area contributed by atoms with Crippen LogP contribution in [0.15, 0.2) is 35.3 Å². The predicted octanol–water partition coefficient (Wildman–Crippen LogP) is 2.15. The van der Waals surface area contributed by atoms with E-state index >= 15 is 0 Å². The van der Waals surface area contributed by atoms with Crippen molar-refractivity contribution in [3.8, 4) is 11.1 Å². The summed E-state index contributed by atoms with van der Waals surface area (Å²) in [5.41, 5.74) is 3.32. The third-order valence-corrected chi connectivity index (χ3v) is 3.03. The lowest BCUT2D eigenvalue weighted by atomic mass is 9.99. The molecule has 2 N–H and O–H groups in total.